The van der Waals surface area contributed by atoms with Gasteiger partial charge in [0.2, 0.25) is 0 Å². The summed E-state index contributed by atoms with van der Waals surface area (Å²) in [6.07, 6.45) is 0.364. The van der Waals surface area contributed by atoms with Gasteiger partial charge in [-0.2, -0.15) is 5.10 Å². The van der Waals surface area contributed by atoms with Crippen LogP contribution in [0.4, 0.5) is 5.69 Å². The Balaban J connectivity index is 1.87. The van der Waals surface area contributed by atoms with Crippen molar-refractivity contribution in [1.29, 1.82) is 0 Å². The Morgan fingerprint density at radius 1 is 1.22 bits per heavy atom. The van der Waals surface area contributed by atoms with Gasteiger partial charge in [0.25, 0.3) is 5.91 Å². The molecule has 0 aromatic heterocycles. The van der Waals surface area contributed by atoms with Crippen molar-refractivity contribution in [3.05, 3.63) is 29.8 Å². The number of hydrogen-bond acceptors (Lipinski definition) is 5. The molecule has 0 aliphatic carbocycles. The zero-order chi connectivity index (χ0) is 16.6. The zero-order valence-corrected chi connectivity index (χ0v) is 14.2. The summed E-state index contributed by atoms with van der Waals surface area (Å²) in [6.45, 7) is 6.37. The first-order valence-electron chi connectivity index (χ1n) is 8.00. The first-order valence-corrected chi connectivity index (χ1v) is 8.00. The molecular formula is C17H24N4O2. The largest absolute Gasteiger partial charge is 0.373 e. The van der Waals surface area contributed by atoms with E-state index in [2.05, 4.69) is 23.8 Å². The van der Waals surface area contributed by atoms with E-state index in [0.29, 0.717) is 12.4 Å². The number of ether oxygens (including phenoxy) is 1. The van der Waals surface area contributed by atoms with E-state index in [1.54, 1.807) is 5.01 Å². The van der Waals surface area contributed by atoms with Crippen molar-refractivity contribution < 1.29 is 9.53 Å². The molecule has 1 aromatic rings. The van der Waals surface area contributed by atoms with Gasteiger partial charge < -0.3 is 9.75 Å². The van der Waals surface area contributed by atoms with Crippen LogP contribution in [0.25, 0.3) is 0 Å². The third kappa shape index (κ3) is 3.23. The maximum atomic E-state index is 12.8. The van der Waals surface area contributed by atoms with Crippen LogP contribution in [0.5, 0.6) is 0 Å². The summed E-state index contributed by atoms with van der Waals surface area (Å²) in [5.41, 5.74) is 2.35. The van der Waals surface area contributed by atoms with Gasteiger partial charge in [-0.05, 0) is 19.9 Å². The summed E-state index contributed by atoms with van der Waals surface area (Å²) in [5.74, 6) is -0.0355. The number of carbonyl (C=O) groups excluding carboxylic acids is 1. The normalized spacial score (nSPS) is 26.7. The number of anilines is 1. The highest BCUT2D eigenvalue weighted by Gasteiger charge is 2.36. The highest BCUT2D eigenvalue weighted by Crippen LogP contribution is 2.29. The average Bonchev–Trinajstić information content (AvgIpc) is 2.72. The van der Waals surface area contributed by atoms with Crippen LogP contribution in [0, 0.1) is 0 Å². The molecular weight excluding hydrogens is 292 g/mol. The predicted octanol–water partition coefficient (Wildman–Crippen LogP) is 1.37. The minimum atomic E-state index is -0.0355. The van der Waals surface area contributed by atoms with E-state index >= 15 is 0 Å². The maximum Gasteiger partial charge on any atom is 0.280 e. The molecule has 0 saturated carbocycles. The number of morpholine rings is 1. The third-order valence-corrected chi connectivity index (χ3v) is 4.03. The molecule has 0 radical (unpaired) electrons. The van der Waals surface area contributed by atoms with Gasteiger partial charge in [0.15, 0.2) is 5.71 Å². The van der Waals surface area contributed by atoms with Gasteiger partial charge in [0.05, 0.1) is 24.6 Å². The van der Waals surface area contributed by atoms with Gasteiger partial charge in [-0.25, -0.2) is 0 Å². The lowest BCUT2D eigenvalue weighted by Crippen LogP contribution is -2.50. The van der Waals surface area contributed by atoms with Crippen molar-refractivity contribution in [3.63, 3.8) is 0 Å². The molecule has 1 amide bonds. The van der Waals surface area contributed by atoms with E-state index in [1.807, 2.05) is 43.3 Å². The number of hydrogen-bond donors (Lipinski definition) is 0. The molecule has 2 unspecified atom stereocenters. The number of benzene rings is 1. The van der Waals surface area contributed by atoms with Gasteiger partial charge >= 0.3 is 0 Å². The van der Waals surface area contributed by atoms with E-state index in [1.165, 1.54) is 0 Å². The molecule has 2 heterocycles. The Hall–Kier alpha value is -1.92. The summed E-state index contributed by atoms with van der Waals surface area (Å²) in [7, 11) is 3.66. The lowest BCUT2D eigenvalue weighted by atomic mass is 10.1. The van der Waals surface area contributed by atoms with Gasteiger partial charge in [0, 0.05) is 32.7 Å². The monoisotopic (exact) mass is 316 g/mol. The standard InChI is InChI=1S/C17H24N4O2/c1-12-9-20(10-13(2)23-12)11-21-15-8-6-5-7-14(15)16(17(21)22)18-19(3)4/h5-8,12-13H,9-11H2,1-4H3/b18-16-. The number of hydrazone groups is 1. The molecule has 2 aliphatic rings. The zero-order valence-electron chi connectivity index (χ0n) is 14.2. The Morgan fingerprint density at radius 3 is 2.52 bits per heavy atom. The Labute approximate surface area is 137 Å². The van der Waals surface area contributed by atoms with Gasteiger partial charge in [-0.1, -0.05) is 18.2 Å². The summed E-state index contributed by atoms with van der Waals surface area (Å²) in [4.78, 5) is 16.9. The molecule has 0 bridgehead atoms. The fourth-order valence-corrected chi connectivity index (χ4v) is 3.30. The van der Waals surface area contributed by atoms with Crippen LogP contribution >= 0.6 is 0 Å². The molecule has 2 atom stereocenters. The topological polar surface area (TPSA) is 48.4 Å². The molecule has 0 spiro atoms. The number of carbonyl (C=O) groups is 1. The van der Waals surface area contributed by atoms with Crippen molar-refractivity contribution in [2.75, 3.05) is 38.8 Å². The Bertz CT molecular complexity index is 619. The second-order valence-corrected chi connectivity index (χ2v) is 6.48. The quantitative estimate of drug-likeness (QED) is 0.790. The molecule has 23 heavy (non-hydrogen) atoms. The van der Waals surface area contributed by atoms with Crippen molar-refractivity contribution in [1.82, 2.24) is 9.91 Å². The molecule has 1 aromatic carbocycles. The number of nitrogens with zero attached hydrogens (tertiary/aromatic N) is 4. The smallest absolute Gasteiger partial charge is 0.280 e. The molecule has 6 heteroatoms. The SMILES string of the molecule is CC1CN(CN2C(=O)/C(=N\N(C)C)c3ccccc32)CC(C)O1. The molecule has 1 fully saturated rings. The van der Waals surface area contributed by atoms with E-state index < -0.39 is 0 Å². The fourth-order valence-electron chi connectivity index (χ4n) is 3.30. The summed E-state index contributed by atoms with van der Waals surface area (Å²) >= 11 is 0. The molecule has 6 nitrogen and oxygen atoms in total. The van der Waals surface area contributed by atoms with Crippen LogP contribution in [-0.4, -0.2) is 67.6 Å². The highest BCUT2D eigenvalue weighted by molar-refractivity contribution is 6.54. The Kier molecular flexibility index (Phi) is 4.37. The van der Waals surface area contributed by atoms with Crippen molar-refractivity contribution in [2.45, 2.75) is 26.1 Å². The fraction of sp³-hybridized carbons (Fsp3) is 0.529. The third-order valence-electron chi connectivity index (χ3n) is 4.03. The minimum absolute atomic E-state index is 0.0355. The first kappa shape index (κ1) is 16.0. The van der Waals surface area contributed by atoms with E-state index in [4.69, 9.17) is 4.74 Å². The molecule has 3 rings (SSSR count). The summed E-state index contributed by atoms with van der Waals surface area (Å²) in [5, 5.41) is 6.06. The van der Waals surface area contributed by atoms with Crippen LogP contribution in [0.3, 0.4) is 0 Å². The van der Waals surface area contributed by atoms with Gasteiger partial charge in [0.1, 0.15) is 0 Å². The lowest BCUT2D eigenvalue weighted by molar-refractivity contribution is -0.113. The van der Waals surface area contributed by atoms with Crippen LogP contribution in [0.15, 0.2) is 29.4 Å². The van der Waals surface area contributed by atoms with Crippen LogP contribution in [0.2, 0.25) is 0 Å². The number of fused-ring (bicyclic) bond motifs is 1. The summed E-state index contributed by atoms with van der Waals surface area (Å²) in [6, 6.07) is 7.85. The van der Waals surface area contributed by atoms with Crippen molar-refractivity contribution >= 4 is 17.3 Å². The van der Waals surface area contributed by atoms with E-state index in [0.717, 1.165) is 24.3 Å². The van der Waals surface area contributed by atoms with Crippen molar-refractivity contribution in [2.24, 2.45) is 5.10 Å². The average molecular weight is 316 g/mol. The number of amides is 1. The molecule has 0 N–H and O–H groups in total. The van der Waals surface area contributed by atoms with E-state index in [-0.39, 0.29) is 18.1 Å². The number of para-hydroxylation sites is 1. The maximum absolute atomic E-state index is 12.8. The molecule has 2 aliphatic heterocycles. The molecule has 124 valence electrons. The van der Waals surface area contributed by atoms with Crippen LogP contribution in [0.1, 0.15) is 19.4 Å². The van der Waals surface area contributed by atoms with Crippen LogP contribution < -0.4 is 4.90 Å². The number of rotatable bonds is 3. The highest BCUT2D eigenvalue weighted by atomic mass is 16.5. The predicted molar refractivity (Wildman–Crippen MR) is 90.6 cm³/mol. The lowest BCUT2D eigenvalue weighted by Gasteiger charge is -2.37. The second kappa shape index (κ2) is 6.29. The second-order valence-electron chi connectivity index (χ2n) is 6.48. The van der Waals surface area contributed by atoms with E-state index in [9.17, 15) is 4.79 Å². The first-order chi connectivity index (χ1) is 11.0. The minimum Gasteiger partial charge on any atom is -0.373 e. The van der Waals surface area contributed by atoms with Crippen molar-refractivity contribution in [3.8, 4) is 0 Å². The van der Waals surface area contributed by atoms with Crippen LogP contribution in [-0.2, 0) is 9.53 Å². The summed E-state index contributed by atoms with van der Waals surface area (Å²) < 4.78 is 5.78. The molecule has 1 saturated heterocycles. The van der Waals surface area contributed by atoms with Gasteiger partial charge in [-0.3, -0.25) is 14.6 Å². The van der Waals surface area contributed by atoms with Gasteiger partial charge in [-0.15, -0.1) is 0 Å². The Morgan fingerprint density at radius 2 is 1.87 bits per heavy atom.